The molecule has 2 aromatic heterocycles. The van der Waals surface area contributed by atoms with Gasteiger partial charge in [-0.05, 0) is 62.0 Å². The summed E-state index contributed by atoms with van der Waals surface area (Å²) in [5.74, 6) is 1.37. The van der Waals surface area contributed by atoms with E-state index in [2.05, 4.69) is 37.5 Å². The van der Waals surface area contributed by atoms with E-state index in [1.165, 1.54) is 0 Å². The monoisotopic (exact) mass is 405 g/mol. The maximum Gasteiger partial charge on any atom is 0.273 e. The number of piperidine rings is 1. The molecule has 4 N–H and O–H groups in total. The second-order valence-electron chi connectivity index (χ2n) is 7.82. The summed E-state index contributed by atoms with van der Waals surface area (Å²) in [7, 11) is 2.15. The average molecular weight is 406 g/mol. The minimum atomic E-state index is -0.247. The van der Waals surface area contributed by atoms with Gasteiger partial charge in [-0.1, -0.05) is 12.1 Å². The molecule has 0 radical (unpaired) electrons. The Morgan fingerprint density at radius 1 is 1.13 bits per heavy atom. The Labute approximate surface area is 175 Å². The third-order valence-corrected chi connectivity index (χ3v) is 5.62. The average Bonchev–Trinajstić information content (AvgIpc) is 2.77. The standard InChI is InChI=1S/C22H27N7O/c1-29-10-5-15(6-11-29)13-27-21-19(24-8-9-26-21)22(30)28-14-16-2-3-18-17(12-16)4-7-25-20(18)23/h2-4,7-9,12,15H,5-6,10-11,13-14H2,1H3,(H2,23,25)(H,26,27)(H,28,30). The van der Waals surface area contributed by atoms with Crippen LogP contribution < -0.4 is 16.4 Å². The summed E-state index contributed by atoms with van der Waals surface area (Å²) >= 11 is 0. The number of hydrogen-bond donors (Lipinski definition) is 3. The number of anilines is 2. The fraction of sp³-hybridized carbons (Fsp3) is 0.364. The lowest BCUT2D eigenvalue weighted by Crippen LogP contribution is -2.33. The highest BCUT2D eigenvalue weighted by atomic mass is 16.1. The molecule has 3 aromatic rings. The largest absolute Gasteiger partial charge is 0.383 e. The highest BCUT2D eigenvalue weighted by Crippen LogP contribution is 2.20. The summed E-state index contributed by atoms with van der Waals surface area (Å²) in [6.45, 7) is 3.40. The molecule has 0 aliphatic carbocycles. The molecule has 1 aliphatic heterocycles. The topological polar surface area (TPSA) is 109 Å². The molecule has 1 amide bonds. The van der Waals surface area contributed by atoms with E-state index in [1.54, 1.807) is 18.6 Å². The van der Waals surface area contributed by atoms with Gasteiger partial charge in [-0.2, -0.15) is 0 Å². The summed E-state index contributed by atoms with van der Waals surface area (Å²) in [5.41, 5.74) is 7.20. The summed E-state index contributed by atoms with van der Waals surface area (Å²) < 4.78 is 0. The van der Waals surface area contributed by atoms with Crippen molar-refractivity contribution in [3.63, 3.8) is 0 Å². The van der Waals surface area contributed by atoms with Crippen molar-refractivity contribution in [1.29, 1.82) is 0 Å². The Morgan fingerprint density at radius 3 is 2.77 bits per heavy atom. The Kier molecular flexibility index (Phi) is 6.04. The number of nitrogens with zero attached hydrogens (tertiary/aromatic N) is 4. The predicted molar refractivity (Wildman–Crippen MR) is 118 cm³/mol. The third-order valence-electron chi connectivity index (χ3n) is 5.62. The van der Waals surface area contributed by atoms with Gasteiger partial charge in [-0.25, -0.2) is 15.0 Å². The summed E-state index contributed by atoms with van der Waals surface area (Å²) in [4.78, 5) is 27.8. The van der Waals surface area contributed by atoms with Gasteiger partial charge >= 0.3 is 0 Å². The van der Waals surface area contributed by atoms with Crippen LogP contribution >= 0.6 is 0 Å². The quantitative estimate of drug-likeness (QED) is 0.577. The Bertz CT molecular complexity index is 1030. The lowest BCUT2D eigenvalue weighted by molar-refractivity contribution is 0.0946. The Morgan fingerprint density at radius 2 is 1.93 bits per heavy atom. The summed E-state index contributed by atoms with van der Waals surface area (Å²) in [6.07, 6.45) is 7.12. The number of amides is 1. The Balaban J connectivity index is 1.39. The molecule has 0 unspecified atom stereocenters. The van der Waals surface area contributed by atoms with Crippen LogP contribution in [0.25, 0.3) is 10.8 Å². The van der Waals surface area contributed by atoms with Gasteiger partial charge in [0.2, 0.25) is 0 Å². The van der Waals surface area contributed by atoms with Crippen molar-refractivity contribution in [3.8, 4) is 0 Å². The van der Waals surface area contributed by atoms with Crippen LogP contribution in [0.3, 0.4) is 0 Å². The van der Waals surface area contributed by atoms with E-state index in [9.17, 15) is 4.79 Å². The van der Waals surface area contributed by atoms with Gasteiger partial charge in [0.1, 0.15) is 5.82 Å². The summed E-state index contributed by atoms with van der Waals surface area (Å²) in [5, 5.41) is 8.18. The molecule has 1 saturated heterocycles. The van der Waals surface area contributed by atoms with Gasteiger partial charge in [0, 0.05) is 37.1 Å². The molecule has 3 heterocycles. The molecule has 0 saturated carbocycles. The van der Waals surface area contributed by atoms with Crippen LogP contribution in [0.15, 0.2) is 42.9 Å². The van der Waals surface area contributed by atoms with Crippen molar-refractivity contribution in [2.75, 3.05) is 37.7 Å². The van der Waals surface area contributed by atoms with Gasteiger partial charge in [-0.3, -0.25) is 4.79 Å². The van der Waals surface area contributed by atoms with E-state index in [4.69, 9.17) is 5.73 Å². The zero-order valence-corrected chi connectivity index (χ0v) is 17.1. The number of likely N-dealkylation sites (tertiary alicyclic amines) is 1. The molecular weight excluding hydrogens is 378 g/mol. The molecule has 1 aliphatic rings. The fourth-order valence-electron chi connectivity index (χ4n) is 3.77. The molecule has 156 valence electrons. The lowest BCUT2D eigenvalue weighted by atomic mass is 9.97. The van der Waals surface area contributed by atoms with Gasteiger partial charge in [0.15, 0.2) is 11.5 Å². The van der Waals surface area contributed by atoms with Crippen LogP contribution in [0, 0.1) is 5.92 Å². The molecule has 0 spiro atoms. The van der Waals surface area contributed by atoms with Crippen LogP contribution in [0.1, 0.15) is 28.9 Å². The van der Waals surface area contributed by atoms with Gasteiger partial charge in [-0.15, -0.1) is 0 Å². The second kappa shape index (κ2) is 9.04. The molecule has 1 fully saturated rings. The van der Waals surface area contributed by atoms with E-state index in [1.807, 2.05) is 24.3 Å². The first-order chi connectivity index (χ1) is 14.6. The van der Waals surface area contributed by atoms with Crippen LogP contribution in [0.2, 0.25) is 0 Å². The van der Waals surface area contributed by atoms with Crippen LogP contribution in [-0.4, -0.2) is 52.4 Å². The van der Waals surface area contributed by atoms with E-state index < -0.39 is 0 Å². The lowest BCUT2D eigenvalue weighted by Gasteiger charge is -2.29. The number of rotatable bonds is 6. The Hall–Kier alpha value is -3.26. The molecule has 0 atom stereocenters. The maximum atomic E-state index is 12.8. The molecule has 0 bridgehead atoms. The zero-order chi connectivity index (χ0) is 20.9. The fourth-order valence-corrected chi connectivity index (χ4v) is 3.77. The van der Waals surface area contributed by atoms with Gasteiger partial charge in [0.25, 0.3) is 5.91 Å². The highest BCUT2D eigenvalue weighted by molar-refractivity contribution is 5.96. The number of nitrogens with two attached hydrogens (primary N) is 1. The van der Waals surface area contributed by atoms with Crippen LogP contribution in [-0.2, 0) is 6.54 Å². The summed E-state index contributed by atoms with van der Waals surface area (Å²) in [6, 6.07) is 7.78. The van der Waals surface area contributed by atoms with Crippen LogP contribution in [0.4, 0.5) is 11.6 Å². The van der Waals surface area contributed by atoms with Crippen molar-refractivity contribution < 1.29 is 4.79 Å². The van der Waals surface area contributed by atoms with Crippen LogP contribution in [0.5, 0.6) is 0 Å². The van der Waals surface area contributed by atoms with Gasteiger partial charge < -0.3 is 21.3 Å². The maximum absolute atomic E-state index is 12.8. The highest BCUT2D eigenvalue weighted by Gasteiger charge is 2.19. The number of carbonyl (C=O) groups excluding carboxylic acids is 1. The van der Waals surface area contributed by atoms with Crippen molar-refractivity contribution in [2.24, 2.45) is 5.92 Å². The molecule has 8 nitrogen and oxygen atoms in total. The molecule has 30 heavy (non-hydrogen) atoms. The number of nitrogens with one attached hydrogen (secondary N) is 2. The van der Waals surface area contributed by atoms with Crippen molar-refractivity contribution >= 4 is 28.3 Å². The smallest absolute Gasteiger partial charge is 0.273 e. The first-order valence-corrected chi connectivity index (χ1v) is 10.2. The van der Waals surface area contributed by atoms with Crippen molar-refractivity contribution in [3.05, 3.63) is 54.1 Å². The first-order valence-electron chi connectivity index (χ1n) is 10.2. The number of carbonyl (C=O) groups is 1. The SMILES string of the molecule is CN1CCC(CNc2nccnc2C(=O)NCc2ccc3c(N)nccc3c2)CC1. The number of hydrogen-bond acceptors (Lipinski definition) is 7. The molecule has 1 aromatic carbocycles. The minimum Gasteiger partial charge on any atom is -0.383 e. The minimum absolute atomic E-state index is 0.247. The zero-order valence-electron chi connectivity index (χ0n) is 17.1. The van der Waals surface area contributed by atoms with E-state index in [0.717, 1.165) is 48.8 Å². The second-order valence-corrected chi connectivity index (χ2v) is 7.82. The number of fused-ring (bicyclic) bond motifs is 1. The van der Waals surface area contributed by atoms with E-state index in [0.29, 0.717) is 29.8 Å². The van der Waals surface area contributed by atoms with E-state index >= 15 is 0 Å². The third kappa shape index (κ3) is 4.65. The first kappa shape index (κ1) is 20.0. The molecule has 8 heteroatoms. The predicted octanol–water partition coefficient (Wildman–Crippen LogP) is 2.29. The van der Waals surface area contributed by atoms with Crippen molar-refractivity contribution in [2.45, 2.75) is 19.4 Å². The molecule has 4 rings (SSSR count). The van der Waals surface area contributed by atoms with Gasteiger partial charge in [0.05, 0.1) is 0 Å². The van der Waals surface area contributed by atoms with Crippen molar-refractivity contribution in [1.82, 2.24) is 25.2 Å². The number of pyridine rings is 1. The number of aromatic nitrogens is 3. The molecular formula is C22H27N7O. The van der Waals surface area contributed by atoms with E-state index in [-0.39, 0.29) is 5.91 Å². The number of benzene rings is 1. The normalized spacial score (nSPS) is 15.2. The number of nitrogen functional groups attached to an aromatic ring is 1.